The van der Waals surface area contributed by atoms with Crippen molar-refractivity contribution in [2.24, 2.45) is 0 Å². The van der Waals surface area contributed by atoms with Crippen molar-refractivity contribution in [3.63, 3.8) is 0 Å². The van der Waals surface area contributed by atoms with Crippen LogP contribution in [0, 0.1) is 0 Å². The molecule has 0 aliphatic carbocycles. The second kappa shape index (κ2) is 4.58. The Morgan fingerprint density at radius 3 is 3.18 bits per heavy atom. The zero-order chi connectivity index (χ0) is 11.5. The quantitative estimate of drug-likeness (QED) is 0.830. The fraction of sp³-hybridized carbons (Fsp3) is 0.455. The fourth-order valence-corrected chi connectivity index (χ4v) is 1.99. The zero-order valence-corrected chi connectivity index (χ0v) is 9.33. The number of aromatic nitrogens is 4. The summed E-state index contributed by atoms with van der Waals surface area (Å²) in [4.78, 5) is 12.4. The van der Waals surface area contributed by atoms with Crippen LogP contribution in [-0.2, 0) is 0 Å². The molecule has 0 aromatic carbocycles. The summed E-state index contributed by atoms with van der Waals surface area (Å²) in [5.74, 6) is 1.56. The van der Waals surface area contributed by atoms with E-state index in [1.165, 1.54) is 6.33 Å². The smallest absolute Gasteiger partial charge is 0.231 e. The molecule has 1 saturated heterocycles. The van der Waals surface area contributed by atoms with E-state index in [0.717, 1.165) is 25.9 Å². The van der Waals surface area contributed by atoms with Crippen molar-refractivity contribution in [2.45, 2.75) is 18.8 Å². The first-order valence-corrected chi connectivity index (χ1v) is 5.74. The molecule has 1 fully saturated rings. The molecule has 2 aromatic rings. The maximum Gasteiger partial charge on any atom is 0.231 e. The van der Waals surface area contributed by atoms with Crippen LogP contribution in [-0.4, -0.2) is 33.2 Å². The lowest BCUT2D eigenvalue weighted by Gasteiger charge is -2.18. The lowest BCUT2D eigenvalue weighted by Crippen LogP contribution is -2.28. The van der Waals surface area contributed by atoms with E-state index < -0.39 is 0 Å². The van der Waals surface area contributed by atoms with E-state index in [1.807, 2.05) is 0 Å². The summed E-state index contributed by atoms with van der Waals surface area (Å²) < 4.78 is 5.30. The van der Waals surface area contributed by atoms with Gasteiger partial charge in [0.25, 0.3) is 0 Å². The highest BCUT2D eigenvalue weighted by atomic mass is 16.5. The Hall–Kier alpha value is -1.82. The Morgan fingerprint density at radius 1 is 1.41 bits per heavy atom. The molecule has 1 aliphatic heterocycles. The van der Waals surface area contributed by atoms with E-state index >= 15 is 0 Å². The van der Waals surface area contributed by atoms with Gasteiger partial charge in [0.05, 0.1) is 5.92 Å². The topological polar surface area (TPSA) is 76.7 Å². The molecule has 0 radical (unpaired) electrons. The standard InChI is InChI=1S/C11H13N5O/c1-2-8(6-12-4-1)11-15-10(16-17-11)9-3-5-13-7-14-9/h3,5,7-8,12H,1-2,4,6H2/t8-/m0/s1. The molecule has 0 bridgehead atoms. The monoisotopic (exact) mass is 231 g/mol. The number of nitrogens with zero attached hydrogens (tertiary/aromatic N) is 4. The van der Waals surface area contributed by atoms with Crippen LogP contribution in [0.5, 0.6) is 0 Å². The van der Waals surface area contributed by atoms with Gasteiger partial charge < -0.3 is 9.84 Å². The molecule has 0 amide bonds. The van der Waals surface area contributed by atoms with Gasteiger partial charge in [0.1, 0.15) is 12.0 Å². The highest BCUT2D eigenvalue weighted by Crippen LogP contribution is 2.23. The summed E-state index contributed by atoms with van der Waals surface area (Å²) in [5, 5.41) is 7.29. The van der Waals surface area contributed by atoms with Crippen LogP contribution in [0.25, 0.3) is 11.5 Å². The van der Waals surface area contributed by atoms with E-state index in [9.17, 15) is 0 Å². The van der Waals surface area contributed by atoms with E-state index in [2.05, 4.69) is 25.4 Å². The summed E-state index contributed by atoms with van der Waals surface area (Å²) in [7, 11) is 0. The van der Waals surface area contributed by atoms with Crippen molar-refractivity contribution in [2.75, 3.05) is 13.1 Å². The van der Waals surface area contributed by atoms with Crippen molar-refractivity contribution in [3.8, 4) is 11.5 Å². The summed E-state index contributed by atoms with van der Waals surface area (Å²) in [6.07, 6.45) is 5.39. The highest BCUT2D eigenvalue weighted by Gasteiger charge is 2.21. The van der Waals surface area contributed by atoms with Crippen molar-refractivity contribution in [3.05, 3.63) is 24.5 Å². The van der Waals surface area contributed by atoms with E-state index in [1.54, 1.807) is 12.3 Å². The number of hydrogen-bond donors (Lipinski definition) is 1. The molecule has 3 heterocycles. The van der Waals surface area contributed by atoms with Gasteiger partial charge >= 0.3 is 0 Å². The van der Waals surface area contributed by atoms with Gasteiger partial charge in [0, 0.05) is 12.7 Å². The van der Waals surface area contributed by atoms with Gasteiger partial charge in [0.2, 0.25) is 11.7 Å². The number of hydrogen-bond acceptors (Lipinski definition) is 6. The van der Waals surface area contributed by atoms with Crippen LogP contribution >= 0.6 is 0 Å². The summed E-state index contributed by atoms with van der Waals surface area (Å²) in [6, 6.07) is 1.77. The summed E-state index contributed by atoms with van der Waals surface area (Å²) in [5.41, 5.74) is 0.693. The first-order valence-electron chi connectivity index (χ1n) is 5.74. The molecule has 0 spiro atoms. The van der Waals surface area contributed by atoms with Crippen molar-refractivity contribution >= 4 is 0 Å². The van der Waals surface area contributed by atoms with Crippen LogP contribution in [0.1, 0.15) is 24.7 Å². The second-order valence-corrected chi connectivity index (χ2v) is 4.09. The minimum atomic E-state index is 0.326. The third kappa shape index (κ3) is 2.16. The average Bonchev–Trinajstić information content (AvgIpc) is 2.90. The average molecular weight is 231 g/mol. The van der Waals surface area contributed by atoms with E-state index in [0.29, 0.717) is 23.3 Å². The normalized spacial score (nSPS) is 20.4. The molecule has 0 saturated carbocycles. The third-order valence-corrected chi connectivity index (χ3v) is 2.90. The van der Waals surface area contributed by atoms with Crippen molar-refractivity contribution in [1.82, 2.24) is 25.4 Å². The number of piperidine rings is 1. The van der Waals surface area contributed by atoms with E-state index in [4.69, 9.17) is 4.52 Å². The van der Waals surface area contributed by atoms with Crippen LogP contribution in [0.2, 0.25) is 0 Å². The Labute approximate surface area is 98.5 Å². The molecule has 1 atom stereocenters. The molecule has 6 nitrogen and oxygen atoms in total. The maximum absolute atomic E-state index is 5.30. The first kappa shape index (κ1) is 10.3. The van der Waals surface area contributed by atoms with Gasteiger partial charge in [-0.15, -0.1) is 0 Å². The molecule has 1 N–H and O–H groups in total. The maximum atomic E-state index is 5.30. The Morgan fingerprint density at radius 2 is 2.41 bits per heavy atom. The molecule has 3 rings (SSSR count). The van der Waals surface area contributed by atoms with Gasteiger partial charge in [-0.2, -0.15) is 4.98 Å². The van der Waals surface area contributed by atoms with Crippen molar-refractivity contribution < 1.29 is 4.52 Å². The van der Waals surface area contributed by atoms with Crippen LogP contribution in [0.3, 0.4) is 0 Å². The molecule has 17 heavy (non-hydrogen) atoms. The van der Waals surface area contributed by atoms with Crippen LogP contribution < -0.4 is 5.32 Å². The van der Waals surface area contributed by atoms with Gasteiger partial charge in [-0.05, 0) is 25.5 Å². The number of nitrogens with one attached hydrogen (secondary N) is 1. The predicted octanol–water partition coefficient (Wildman–Crippen LogP) is 0.994. The zero-order valence-electron chi connectivity index (χ0n) is 9.33. The Kier molecular flexibility index (Phi) is 2.79. The Balaban J connectivity index is 1.83. The predicted molar refractivity (Wildman–Crippen MR) is 60.2 cm³/mol. The van der Waals surface area contributed by atoms with Gasteiger partial charge in [-0.3, -0.25) is 0 Å². The molecular formula is C11H13N5O. The van der Waals surface area contributed by atoms with Gasteiger partial charge in [-0.1, -0.05) is 5.16 Å². The fourth-order valence-electron chi connectivity index (χ4n) is 1.99. The van der Waals surface area contributed by atoms with Crippen molar-refractivity contribution in [1.29, 1.82) is 0 Å². The summed E-state index contributed by atoms with van der Waals surface area (Å²) in [6.45, 7) is 1.98. The molecule has 0 unspecified atom stereocenters. The molecular weight excluding hydrogens is 218 g/mol. The lowest BCUT2D eigenvalue weighted by molar-refractivity contribution is 0.322. The molecule has 1 aliphatic rings. The van der Waals surface area contributed by atoms with Crippen LogP contribution in [0.15, 0.2) is 23.1 Å². The Bertz CT molecular complexity index is 478. The molecule has 2 aromatic heterocycles. The lowest BCUT2D eigenvalue weighted by atomic mass is 10.00. The highest BCUT2D eigenvalue weighted by molar-refractivity contribution is 5.46. The van der Waals surface area contributed by atoms with Gasteiger partial charge in [-0.25, -0.2) is 9.97 Å². The minimum Gasteiger partial charge on any atom is -0.339 e. The third-order valence-electron chi connectivity index (χ3n) is 2.90. The van der Waals surface area contributed by atoms with E-state index in [-0.39, 0.29) is 0 Å². The first-order chi connectivity index (χ1) is 8.43. The van der Waals surface area contributed by atoms with Crippen LogP contribution in [0.4, 0.5) is 0 Å². The van der Waals surface area contributed by atoms with Gasteiger partial charge in [0.15, 0.2) is 0 Å². The number of rotatable bonds is 2. The molecule has 88 valence electrons. The SMILES string of the molecule is c1cc(-c2noc([C@H]3CCCNC3)n2)ncn1. The molecule has 6 heteroatoms. The minimum absolute atomic E-state index is 0.326. The summed E-state index contributed by atoms with van der Waals surface area (Å²) >= 11 is 0. The second-order valence-electron chi connectivity index (χ2n) is 4.09. The largest absolute Gasteiger partial charge is 0.339 e.